The largest absolute Gasteiger partial charge is 0.452 e. The number of amides is 2. The number of ether oxygens (including phenoxy) is 1. The molecule has 6 nitrogen and oxygen atoms in total. The van der Waals surface area contributed by atoms with Crippen LogP contribution >= 0.6 is 46.6 Å². The van der Waals surface area contributed by atoms with Gasteiger partial charge in [0.05, 0.1) is 32.7 Å². The zero-order valence-corrected chi connectivity index (χ0v) is 16.6. The average Bonchev–Trinajstić information content (AvgIpc) is 2.62. The van der Waals surface area contributed by atoms with Crippen LogP contribution in [0.1, 0.15) is 10.4 Å². The minimum atomic E-state index is -0.703. The van der Waals surface area contributed by atoms with Crippen molar-refractivity contribution in [3.63, 3.8) is 0 Å². The van der Waals surface area contributed by atoms with Gasteiger partial charge in [0.25, 0.3) is 5.91 Å². The minimum Gasteiger partial charge on any atom is -0.452 e. The Bertz CT molecular complexity index is 929. The second-order valence-electron chi connectivity index (χ2n) is 5.42. The lowest BCUT2D eigenvalue weighted by molar-refractivity contribution is -0.119. The van der Waals surface area contributed by atoms with Crippen LogP contribution in [0.5, 0.6) is 0 Å². The van der Waals surface area contributed by atoms with E-state index in [-0.39, 0.29) is 27.2 Å². The standard InChI is InChI=1S/C17H11Cl3N2O4S/c18-9-4-10(19)16(11(20)5-9)22-14(23)6-26-17(25)8-1-2-13-12(3-8)21-15(24)7-27-13/h1-5H,6-7H2,(H,21,24)(H,22,23). The fourth-order valence-electron chi connectivity index (χ4n) is 2.26. The van der Waals surface area contributed by atoms with Gasteiger partial charge in [-0.15, -0.1) is 11.8 Å². The molecule has 2 amide bonds. The molecule has 0 spiro atoms. The lowest BCUT2D eigenvalue weighted by Crippen LogP contribution is -2.22. The van der Waals surface area contributed by atoms with Crippen LogP contribution in [0.25, 0.3) is 0 Å². The molecule has 2 aromatic rings. The SMILES string of the molecule is O=C1CSc2ccc(C(=O)OCC(=O)Nc3c(Cl)cc(Cl)cc3Cl)cc2N1. The van der Waals surface area contributed by atoms with E-state index in [1.807, 2.05) is 0 Å². The van der Waals surface area contributed by atoms with Crippen LogP contribution in [0.4, 0.5) is 11.4 Å². The van der Waals surface area contributed by atoms with E-state index in [0.717, 1.165) is 4.90 Å². The quantitative estimate of drug-likeness (QED) is 0.678. The molecule has 2 aromatic carbocycles. The predicted octanol–water partition coefficient (Wildman–Crippen LogP) is 4.49. The van der Waals surface area contributed by atoms with Crippen LogP contribution in [0, 0.1) is 0 Å². The van der Waals surface area contributed by atoms with Crippen LogP contribution in [0.3, 0.4) is 0 Å². The van der Waals surface area contributed by atoms with Crippen LogP contribution in [-0.4, -0.2) is 30.1 Å². The van der Waals surface area contributed by atoms with Gasteiger partial charge in [-0.2, -0.15) is 0 Å². The first-order chi connectivity index (χ1) is 12.8. The molecule has 0 aromatic heterocycles. The predicted molar refractivity (Wildman–Crippen MR) is 106 cm³/mol. The lowest BCUT2D eigenvalue weighted by atomic mass is 10.2. The maximum Gasteiger partial charge on any atom is 0.338 e. The number of halogens is 3. The van der Waals surface area contributed by atoms with E-state index in [2.05, 4.69) is 10.6 Å². The van der Waals surface area contributed by atoms with Crippen molar-refractivity contribution in [3.8, 4) is 0 Å². The molecule has 0 saturated heterocycles. The smallest absolute Gasteiger partial charge is 0.338 e. The highest BCUT2D eigenvalue weighted by molar-refractivity contribution is 8.00. The molecule has 2 N–H and O–H groups in total. The van der Waals surface area contributed by atoms with Gasteiger partial charge in [0, 0.05) is 9.92 Å². The number of benzene rings is 2. The van der Waals surface area contributed by atoms with Gasteiger partial charge in [0.1, 0.15) is 0 Å². The maximum atomic E-state index is 12.2. The van der Waals surface area contributed by atoms with Crippen LogP contribution in [0.15, 0.2) is 35.2 Å². The van der Waals surface area contributed by atoms with Crippen molar-refractivity contribution in [3.05, 3.63) is 51.0 Å². The fourth-order valence-corrected chi connectivity index (χ4v) is 3.96. The van der Waals surface area contributed by atoms with Gasteiger partial charge in [-0.3, -0.25) is 9.59 Å². The molecule has 0 fully saturated rings. The molecule has 10 heteroatoms. The molecule has 0 atom stereocenters. The number of carbonyl (C=O) groups is 3. The Hall–Kier alpha value is -1.93. The van der Waals surface area contributed by atoms with Crippen molar-refractivity contribution in [2.75, 3.05) is 23.0 Å². The average molecular weight is 446 g/mol. The molecule has 0 unspecified atom stereocenters. The number of anilines is 2. The van der Waals surface area contributed by atoms with Crippen molar-refractivity contribution in [2.45, 2.75) is 4.90 Å². The van der Waals surface area contributed by atoms with Crippen LogP contribution in [-0.2, 0) is 14.3 Å². The zero-order chi connectivity index (χ0) is 19.6. The number of esters is 1. The van der Waals surface area contributed by atoms with E-state index < -0.39 is 18.5 Å². The second kappa shape index (κ2) is 8.39. The number of rotatable bonds is 4. The fraction of sp³-hybridized carbons (Fsp3) is 0.118. The molecule has 0 bridgehead atoms. The van der Waals surface area contributed by atoms with E-state index in [1.54, 1.807) is 12.1 Å². The van der Waals surface area contributed by atoms with Gasteiger partial charge in [-0.25, -0.2) is 4.79 Å². The Morgan fingerprint density at radius 1 is 1.15 bits per heavy atom. The van der Waals surface area contributed by atoms with Gasteiger partial charge in [0.15, 0.2) is 6.61 Å². The third-order valence-corrected chi connectivity index (χ3v) is 5.34. The van der Waals surface area contributed by atoms with E-state index in [1.165, 1.54) is 30.0 Å². The molecular weight excluding hydrogens is 435 g/mol. The molecule has 27 heavy (non-hydrogen) atoms. The van der Waals surface area contributed by atoms with E-state index in [9.17, 15) is 14.4 Å². The van der Waals surface area contributed by atoms with Crippen molar-refractivity contribution < 1.29 is 19.1 Å². The minimum absolute atomic E-state index is 0.144. The normalized spacial score (nSPS) is 12.8. The summed E-state index contributed by atoms with van der Waals surface area (Å²) in [7, 11) is 0. The van der Waals surface area contributed by atoms with E-state index in [0.29, 0.717) is 16.5 Å². The third-order valence-electron chi connectivity index (χ3n) is 3.45. The molecule has 140 valence electrons. The van der Waals surface area contributed by atoms with Gasteiger partial charge in [-0.05, 0) is 30.3 Å². The van der Waals surface area contributed by atoms with Crippen molar-refractivity contribution in [1.82, 2.24) is 0 Å². The number of thioether (sulfide) groups is 1. The topological polar surface area (TPSA) is 84.5 Å². The highest BCUT2D eigenvalue weighted by Gasteiger charge is 2.19. The first-order valence-corrected chi connectivity index (χ1v) is 9.63. The van der Waals surface area contributed by atoms with E-state index >= 15 is 0 Å². The number of hydrogen-bond donors (Lipinski definition) is 2. The molecule has 0 radical (unpaired) electrons. The Kier molecular flexibility index (Phi) is 6.16. The Balaban J connectivity index is 1.62. The molecule has 1 aliphatic heterocycles. The Labute approximate surface area is 173 Å². The molecule has 1 heterocycles. The third kappa shape index (κ3) is 4.87. The van der Waals surface area contributed by atoms with E-state index in [4.69, 9.17) is 39.5 Å². The zero-order valence-electron chi connectivity index (χ0n) is 13.5. The summed E-state index contributed by atoms with van der Waals surface area (Å²) in [6.07, 6.45) is 0. The monoisotopic (exact) mass is 444 g/mol. The molecule has 0 aliphatic carbocycles. The van der Waals surface area contributed by atoms with Gasteiger partial charge in [0.2, 0.25) is 5.91 Å². The number of nitrogens with one attached hydrogen (secondary N) is 2. The Morgan fingerprint density at radius 3 is 2.56 bits per heavy atom. The van der Waals surface area contributed by atoms with Gasteiger partial charge < -0.3 is 15.4 Å². The first-order valence-electron chi connectivity index (χ1n) is 7.51. The van der Waals surface area contributed by atoms with Crippen LogP contribution < -0.4 is 10.6 Å². The van der Waals surface area contributed by atoms with Crippen molar-refractivity contribution in [2.24, 2.45) is 0 Å². The number of carbonyl (C=O) groups excluding carboxylic acids is 3. The summed E-state index contributed by atoms with van der Waals surface area (Å²) in [5, 5.41) is 5.80. The first kappa shape index (κ1) is 19.8. The molecule has 3 rings (SSSR count). The summed E-state index contributed by atoms with van der Waals surface area (Å²) >= 11 is 19.2. The van der Waals surface area contributed by atoms with Crippen molar-refractivity contribution in [1.29, 1.82) is 0 Å². The molecule has 1 aliphatic rings. The highest BCUT2D eigenvalue weighted by Crippen LogP contribution is 2.34. The van der Waals surface area contributed by atoms with Crippen molar-refractivity contribution >= 4 is 75.7 Å². The Morgan fingerprint density at radius 2 is 1.85 bits per heavy atom. The summed E-state index contributed by atoms with van der Waals surface area (Å²) in [6, 6.07) is 7.64. The second-order valence-corrected chi connectivity index (χ2v) is 7.68. The van der Waals surface area contributed by atoms with Gasteiger partial charge >= 0.3 is 5.97 Å². The lowest BCUT2D eigenvalue weighted by Gasteiger charge is -2.16. The highest BCUT2D eigenvalue weighted by atomic mass is 35.5. The number of hydrogen-bond acceptors (Lipinski definition) is 5. The molecule has 0 saturated carbocycles. The summed E-state index contributed by atoms with van der Waals surface area (Å²) in [5.41, 5.74) is 0.930. The van der Waals surface area contributed by atoms with Crippen LogP contribution in [0.2, 0.25) is 15.1 Å². The number of fused-ring (bicyclic) bond motifs is 1. The van der Waals surface area contributed by atoms with Gasteiger partial charge in [-0.1, -0.05) is 34.8 Å². The maximum absolute atomic E-state index is 12.2. The summed E-state index contributed by atoms with van der Waals surface area (Å²) < 4.78 is 5.00. The summed E-state index contributed by atoms with van der Waals surface area (Å²) in [5.74, 6) is -1.14. The summed E-state index contributed by atoms with van der Waals surface area (Å²) in [6.45, 7) is -0.535. The summed E-state index contributed by atoms with van der Waals surface area (Å²) in [4.78, 5) is 36.5. The molecular formula is C17H11Cl3N2O4S.